The minimum absolute atomic E-state index is 0.491. The van der Waals surface area contributed by atoms with Crippen molar-refractivity contribution in [2.24, 2.45) is 9.98 Å². The average molecular weight is 633 g/mol. The summed E-state index contributed by atoms with van der Waals surface area (Å²) in [5.41, 5.74) is 9.71. The summed E-state index contributed by atoms with van der Waals surface area (Å²) < 4.78 is 12.9. The second-order valence-electron chi connectivity index (χ2n) is 11.8. The van der Waals surface area contributed by atoms with Crippen LogP contribution in [0, 0.1) is 0 Å². The highest BCUT2D eigenvalue weighted by molar-refractivity contribution is 6.16. The molecule has 0 radical (unpaired) electrons. The third-order valence-corrected chi connectivity index (χ3v) is 8.68. The first-order valence-electron chi connectivity index (χ1n) is 16.3. The standard InChI is InChI=1S/C45H32N2O2/c1-2-3-22-41-39(43-36(19-13-24-42(43)48-41)38-21-12-20-37-35-18-10-11-23-40(35)49-44(37)38)30-47-45(34-16-8-5-9-17-34)46-29-31-25-27-33(28-26-31)32-14-6-4-7-15-32/h2-28,30H,1,29H2/b22-3-,46-45?,47-30?. The molecule has 0 aliphatic carbocycles. The maximum Gasteiger partial charge on any atom is 0.154 e. The first kappa shape index (κ1) is 29.9. The Morgan fingerprint density at radius 3 is 2.10 bits per heavy atom. The Labute approximate surface area is 284 Å². The number of amidine groups is 1. The van der Waals surface area contributed by atoms with E-state index in [4.69, 9.17) is 18.8 Å². The van der Waals surface area contributed by atoms with E-state index in [1.165, 1.54) is 11.1 Å². The molecule has 0 aliphatic heterocycles. The van der Waals surface area contributed by atoms with Gasteiger partial charge >= 0.3 is 0 Å². The predicted octanol–water partition coefficient (Wildman–Crippen LogP) is 11.9. The van der Waals surface area contributed by atoms with Gasteiger partial charge in [0.1, 0.15) is 22.5 Å². The van der Waals surface area contributed by atoms with Crippen molar-refractivity contribution in [3.05, 3.63) is 187 Å². The van der Waals surface area contributed by atoms with Gasteiger partial charge in [0.25, 0.3) is 0 Å². The highest BCUT2D eigenvalue weighted by Crippen LogP contribution is 2.40. The molecule has 8 aromatic rings. The maximum absolute atomic E-state index is 6.45. The van der Waals surface area contributed by atoms with Gasteiger partial charge in [-0.1, -0.05) is 152 Å². The van der Waals surface area contributed by atoms with E-state index < -0.39 is 0 Å². The number of furan rings is 2. The predicted molar refractivity (Wildman–Crippen MR) is 204 cm³/mol. The average Bonchev–Trinajstić information content (AvgIpc) is 3.73. The molecule has 6 aromatic carbocycles. The molecule has 0 bridgehead atoms. The lowest BCUT2D eigenvalue weighted by Crippen LogP contribution is -2.00. The van der Waals surface area contributed by atoms with E-state index in [0.717, 1.165) is 60.7 Å². The van der Waals surface area contributed by atoms with Gasteiger partial charge in [0.15, 0.2) is 5.84 Å². The molecular weight excluding hydrogens is 601 g/mol. The van der Waals surface area contributed by atoms with Crippen LogP contribution < -0.4 is 0 Å². The molecule has 4 nitrogen and oxygen atoms in total. The van der Waals surface area contributed by atoms with Crippen molar-refractivity contribution in [3.8, 4) is 22.3 Å². The number of aliphatic imine (C=N–C) groups is 2. The zero-order chi connectivity index (χ0) is 33.0. The summed E-state index contributed by atoms with van der Waals surface area (Å²) in [6.45, 7) is 4.37. The van der Waals surface area contributed by atoms with E-state index in [1.807, 2.05) is 85.1 Å². The second-order valence-corrected chi connectivity index (χ2v) is 11.8. The topological polar surface area (TPSA) is 51.0 Å². The van der Waals surface area contributed by atoms with Crippen molar-refractivity contribution in [1.29, 1.82) is 0 Å². The Hall–Kier alpha value is -6.52. The van der Waals surface area contributed by atoms with Crippen molar-refractivity contribution in [3.63, 3.8) is 0 Å². The lowest BCUT2D eigenvalue weighted by molar-refractivity contribution is 0.603. The van der Waals surface area contributed by atoms with Gasteiger partial charge in [-0.15, -0.1) is 0 Å². The van der Waals surface area contributed by atoms with Crippen LogP contribution in [-0.2, 0) is 6.54 Å². The molecule has 0 atom stereocenters. The zero-order valence-electron chi connectivity index (χ0n) is 26.8. The van der Waals surface area contributed by atoms with E-state index in [1.54, 1.807) is 6.08 Å². The molecule has 2 aromatic heterocycles. The number of para-hydroxylation sites is 2. The third-order valence-electron chi connectivity index (χ3n) is 8.68. The highest BCUT2D eigenvalue weighted by atomic mass is 16.3. The normalized spacial score (nSPS) is 12.2. The lowest BCUT2D eigenvalue weighted by Gasteiger charge is -2.06. The van der Waals surface area contributed by atoms with Crippen molar-refractivity contribution in [2.45, 2.75) is 6.54 Å². The van der Waals surface area contributed by atoms with E-state index in [0.29, 0.717) is 18.1 Å². The zero-order valence-corrected chi connectivity index (χ0v) is 26.8. The van der Waals surface area contributed by atoms with Gasteiger partial charge < -0.3 is 8.83 Å². The number of hydrogen-bond acceptors (Lipinski definition) is 3. The van der Waals surface area contributed by atoms with Crippen molar-refractivity contribution in [2.75, 3.05) is 0 Å². The highest BCUT2D eigenvalue weighted by Gasteiger charge is 2.19. The van der Waals surface area contributed by atoms with Gasteiger partial charge in [-0.25, -0.2) is 4.99 Å². The number of nitrogens with zero attached hydrogens (tertiary/aromatic N) is 2. The first-order valence-corrected chi connectivity index (χ1v) is 16.3. The SMILES string of the molecule is C=C/C=C\c1oc2cccc(-c3cccc4c3oc3ccccc34)c2c1C=NC(=NCc1ccc(-c2ccccc2)cc1)c1ccccc1. The van der Waals surface area contributed by atoms with Gasteiger partial charge in [-0.2, -0.15) is 0 Å². The summed E-state index contributed by atoms with van der Waals surface area (Å²) in [5.74, 6) is 1.32. The number of hydrogen-bond donors (Lipinski definition) is 0. The van der Waals surface area contributed by atoms with E-state index in [2.05, 4.69) is 85.4 Å². The lowest BCUT2D eigenvalue weighted by atomic mass is 9.97. The van der Waals surface area contributed by atoms with Crippen LogP contribution >= 0.6 is 0 Å². The van der Waals surface area contributed by atoms with E-state index >= 15 is 0 Å². The largest absolute Gasteiger partial charge is 0.456 e. The quantitative estimate of drug-likeness (QED) is 0.0951. The summed E-state index contributed by atoms with van der Waals surface area (Å²) in [6.07, 6.45) is 7.42. The molecule has 4 heteroatoms. The van der Waals surface area contributed by atoms with Crippen LogP contribution in [0.5, 0.6) is 0 Å². The molecule has 234 valence electrons. The van der Waals surface area contributed by atoms with Gasteiger partial charge in [0, 0.05) is 39.1 Å². The Morgan fingerprint density at radius 1 is 0.612 bits per heavy atom. The van der Waals surface area contributed by atoms with Gasteiger partial charge in [0.05, 0.1) is 6.54 Å². The van der Waals surface area contributed by atoms with Crippen LogP contribution in [0.4, 0.5) is 0 Å². The van der Waals surface area contributed by atoms with Gasteiger partial charge in [-0.3, -0.25) is 4.99 Å². The Morgan fingerprint density at radius 2 is 1.29 bits per heavy atom. The molecular formula is C45H32N2O2. The monoisotopic (exact) mass is 632 g/mol. The number of rotatable bonds is 8. The number of fused-ring (bicyclic) bond motifs is 4. The van der Waals surface area contributed by atoms with E-state index in [-0.39, 0.29) is 0 Å². The molecule has 0 saturated heterocycles. The van der Waals surface area contributed by atoms with Gasteiger partial charge in [-0.05, 0) is 40.5 Å². The first-order chi connectivity index (χ1) is 24.3. The smallest absolute Gasteiger partial charge is 0.154 e. The number of benzene rings is 6. The minimum atomic E-state index is 0.491. The third kappa shape index (κ3) is 5.92. The van der Waals surface area contributed by atoms with Crippen molar-refractivity contribution in [1.82, 2.24) is 0 Å². The van der Waals surface area contributed by atoms with Crippen LogP contribution in [0.2, 0.25) is 0 Å². The Bertz CT molecular complexity index is 2520. The fraction of sp³-hybridized carbons (Fsp3) is 0.0222. The van der Waals surface area contributed by atoms with Crippen LogP contribution in [0.15, 0.2) is 183 Å². The molecule has 2 heterocycles. The molecule has 0 saturated carbocycles. The Kier molecular flexibility index (Phi) is 8.11. The van der Waals surface area contributed by atoms with Crippen LogP contribution in [0.3, 0.4) is 0 Å². The minimum Gasteiger partial charge on any atom is -0.456 e. The van der Waals surface area contributed by atoms with Crippen molar-refractivity contribution < 1.29 is 8.83 Å². The van der Waals surface area contributed by atoms with Crippen molar-refractivity contribution >= 4 is 51.0 Å². The summed E-state index contributed by atoms with van der Waals surface area (Å²) in [7, 11) is 0. The molecule has 0 unspecified atom stereocenters. The van der Waals surface area contributed by atoms with E-state index in [9.17, 15) is 0 Å². The molecule has 8 rings (SSSR count). The van der Waals surface area contributed by atoms with Crippen LogP contribution in [0.25, 0.3) is 61.2 Å². The summed E-state index contributed by atoms with van der Waals surface area (Å²) in [4.78, 5) is 10.1. The summed E-state index contributed by atoms with van der Waals surface area (Å²) in [5, 5.41) is 3.12. The van der Waals surface area contributed by atoms with Crippen LogP contribution in [-0.4, -0.2) is 12.1 Å². The fourth-order valence-corrected chi connectivity index (χ4v) is 6.30. The maximum atomic E-state index is 6.45. The fourth-order valence-electron chi connectivity index (χ4n) is 6.30. The summed E-state index contributed by atoms with van der Waals surface area (Å²) in [6, 6.07) is 49.6. The van der Waals surface area contributed by atoms with Gasteiger partial charge in [0.2, 0.25) is 0 Å². The molecule has 0 fully saturated rings. The molecule has 49 heavy (non-hydrogen) atoms. The molecule has 0 amide bonds. The second kappa shape index (κ2) is 13.3. The van der Waals surface area contributed by atoms with Crippen LogP contribution in [0.1, 0.15) is 22.5 Å². The molecule has 0 aliphatic rings. The molecule has 0 spiro atoms. The summed E-state index contributed by atoms with van der Waals surface area (Å²) >= 11 is 0. The Balaban J connectivity index is 1.23. The molecule has 0 N–H and O–H groups in total. The number of allylic oxidation sites excluding steroid dienone is 2.